The van der Waals surface area contributed by atoms with E-state index in [-0.39, 0.29) is 17.4 Å². The van der Waals surface area contributed by atoms with Crippen molar-refractivity contribution in [3.63, 3.8) is 0 Å². The Balaban J connectivity index is 2.07. The maximum Gasteiger partial charge on any atom is 0.257 e. The molecular formula is C25H33N3O3S. The molecule has 32 heavy (non-hydrogen) atoms. The summed E-state index contributed by atoms with van der Waals surface area (Å²) in [5.74, 6) is -0.352. The molecule has 1 aromatic carbocycles. The number of benzene rings is 1. The van der Waals surface area contributed by atoms with Crippen LogP contribution in [-0.4, -0.2) is 25.4 Å². The van der Waals surface area contributed by atoms with Crippen LogP contribution in [0.3, 0.4) is 0 Å². The lowest BCUT2D eigenvalue weighted by atomic mass is 9.87. The standard InChI is InChI=1S/C25H33N3O3S/c1-5-32(30,31)28(22-15-13-20(14-16-22)25(2,3)4)23(19-10-9-17-26-18-19)24(29)27-21-11-7-6-8-12-21/h5,9-10,13-18,21,23H,1,6-8,11-12H2,2-4H3,(H,27,29)/t23-/m1/s1. The van der Waals surface area contributed by atoms with Crippen molar-refractivity contribution in [3.05, 3.63) is 71.9 Å². The summed E-state index contributed by atoms with van der Waals surface area (Å²) >= 11 is 0. The van der Waals surface area contributed by atoms with Gasteiger partial charge >= 0.3 is 0 Å². The van der Waals surface area contributed by atoms with Gasteiger partial charge in [-0.3, -0.25) is 9.78 Å². The minimum atomic E-state index is -3.99. The SMILES string of the molecule is C=CS(=O)(=O)N(c1ccc(C(C)(C)C)cc1)[C@@H](C(=O)NC1CCCCC1)c1cccnc1. The van der Waals surface area contributed by atoms with Crippen molar-refractivity contribution in [2.75, 3.05) is 4.31 Å². The van der Waals surface area contributed by atoms with E-state index in [9.17, 15) is 13.2 Å². The highest BCUT2D eigenvalue weighted by atomic mass is 32.2. The highest BCUT2D eigenvalue weighted by Crippen LogP contribution is 2.33. The largest absolute Gasteiger partial charge is 0.351 e. The molecule has 1 N–H and O–H groups in total. The summed E-state index contributed by atoms with van der Waals surface area (Å²) in [6.07, 6.45) is 8.23. The minimum absolute atomic E-state index is 0.0481. The minimum Gasteiger partial charge on any atom is -0.351 e. The Morgan fingerprint density at radius 1 is 1.16 bits per heavy atom. The molecule has 1 aliphatic rings. The summed E-state index contributed by atoms with van der Waals surface area (Å²) in [6.45, 7) is 9.79. The van der Waals surface area contributed by atoms with Crippen molar-refractivity contribution in [1.29, 1.82) is 0 Å². The zero-order valence-electron chi connectivity index (χ0n) is 19.1. The molecule has 1 amide bonds. The monoisotopic (exact) mass is 455 g/mol. The van der Waals surface area contributed by atoms with Crippen LogP contribution in [0.1, 0.15) is 70.0 Å². The molecule has 0 aliphatic heterocycles. The van der Waals surface area contributed by atoms with Gasteiger partial charge < -0.3 is 5.32 Å². The van der Waals surface area contributed by atoms with Gasteiger partial charge in [0, 0.05) is 29.4 Å². The molecule has 1 aliphatic carbocycles. The summed E-state index contributed by atoms with van der Waals surface area (Å²) in [4.78, 5) is 17.7. The van der Waals surface area contributed by atoms with Crippen molar-refractivity contribution in [2.24, 2.45) is 0 Å². The van der Waals surface area contributed by atoms with Crippen molar-refractivity contribution >= 4 is 21.6 Å². The second-order valence-electron chi connectivity index (χ2n) is 9.34. The van der Waals surface area contributed by atoms with E-state index in [2.05, 4.69) is 37.7 Å². The van der Waals surface area contributed by atoms with Crippen LogP contribution in [0.5, 0.6) is 0 Å². The number of amides is 1. The van der Waals surface area contributed by atoms with Gasteiger partial charge in [0.15, 0.2) is 6.04 Å². The molecule has 0 unspecified atom stereocenters. The summed E-state index contributed by atoms with van der Waals surface area (Å²) < 4.78 is 27.6. The Bertz CT molecular complexity index is 1020. The van der Waals surface area contributed by atoms with Crippen molar-refractivity contribution < 1.29 is 13.2 Å². The maximum atomic E-state index is 13.5. The van der Waals surface area contributed by atoms with Crippen molar-refractivity contribution in [1.82, 2.24) is 10.3 Å². The van der Waals surface area contributed by atoms with E-state index in [1.54, 1.807) is 36.7 Å². The molecule has 0 spiro atoms. The summed E-state index contributed by atoms with van der Waals surface area (Å²) in [5, 5.41) is 3.98. The number of nitrogens with zero attached hydrogens (tertiary/aromatic N) is 2. The second-order valence-corrected chi connectivity index (χ2v) is 11.1. The van der Waals surface area contributed by atoms with Crippen LogP contribution in [-0.2, 0) is 20.2 Å². The second kappa shape index (κ2) is 9.86. The van der Waals surface area contributed by atoms with Crippen LogP contribution in [0.25, 0.3) is 0 Å². The molecular weight excluding hydrogens is 422 g/mol. The summed E-state index contributed by atoms with van der Waals surface area (Å²) in [7, 11) is -3.99. The van der Waals surface area contributed by atoms with Crippen molar-refractivity contribution in [2.45, 2.75) is 70.4 Å². The zero-order chi connectivity index (χ0) is 23.4. The Morgan fingerprint density at radius 3 is 2.34 bits per heavy atom. The van der Waals surface area contributed by atoms with E-state index in [1.807, 2.05) is 12.1 Å². The first-order chi connectivity index (χ1) is 15.1. The number of carbonyl (C=O) groups is 1. The van der Waals surface area contributed by atoms with Crippen LogP contribution in [0.15, 0.2) is 60.8 Å². The van der Waals surface area contributed by atoms with Gasteiger partial charge in [-0.15, -0.1) is 0 Å². The van der Waals surface area contributed by atoms with Gasteiger partial charge in [0.1, 0.15) is 0 Å². The number of sulfonamides is 1. The molecule has 1 saturated carbocycles. The fourth-order valence-corrected chi connectivity index (χ4v) is 5.18. The van der Waals surface area contributed by atoms with Crippen LogP contribution in [0.4, 0.5) is 5.69 Å². The van der Waals surface area contributed by atoms with Crippen LogP contribution < -0.4 is 9.62 Å². The smallest absolute Gasteiger partial charge is 0.257 e. The topological polar surface area (TPSA) is 79.4 Å². The molecule has 1 fully saturated rings. The summed E-state index contributed by atoms with van der Waals surface area (Å²) in [6, 6.07) is 9.70. The molecule has 2 aromatic rings. The van der Waals surface area contributed by atoms with Crippen molar-refractivity contribution in [3.8, 4) is 0 Å². The third-order valence-corrected chi connectivity index (χ3v) is 7.30. The third kappa shape index (κ3) is 5.57. The average molecular weight is 456 g/mol. The number of hydrogen-bond donors (Lipinski definition) is 1. The number of hydrogen-bond acceptors (Lipinski definition) is 4. The molecule has 6 nitrogen and oxygen atoms in total. The number of nitrogens with one attached hydrogen (secondary N) is 1. The van der Waals surface area contributed by atoms with E-state index < -0.39 is 16.1 Å². The molecule has 7 heteroatoms. The predicted octanol–water partition coefficient (Wildman–Crippen LogP) is 4.85. The molecule has 0 bridgehead atoms. The van der Waals surface area contributed by atoms with Crippen LogP contribution in [0.2, 0.25) is 0 Å². The van der Waals surface area contributed by atoms with Gasteiger partial charge in [-0.1, -0.05) is 64.8 Å². The van der Waals surface area contributed by atoms with Gasteiger partial charge in [0.2, 0.25) is 5.91 Å². The first kappa shape index (κ1) is 24.0. The van der Waals surface area contributed by atoms with Gasteiger partial charge in [-0.2, -0.15) is 0 Å². The van der Waals surface area contributed by atoms with E-state index in [4.69, 9.17) is 0 Å². The molecule has 1 heterocycles. The van der Waals surface area contributed by atoms with E-state index in [0.717, 1.165) is 47.4 Å². The number of rotatable bonds is 7. The van der Waals surface area contributed by atoms with E-state index in [1.165, 1.54) is 0 Å². The number of pyridine rings is 1. The van der Waals surface area contributed by atoms with Gasteiger partial charge in [0.05, 0.1) is 5.69 Å². The average Bonchev–Trinajstić information content (AvgIpc) is 2.78. The predicted molar refractivity (Wildman–Crippen MR) is 129 cm³/mol. The first-order valence-corrected chi connectivity index (χ1v) is 12.6. The molecule has 1 atom stereocenters. The number of carbonyl (C=O) groups excluding carboxylic acids is 1. The number of aromatic nitrogens is 1. The Hall–Kier alpha value is -2.67. The first-order valence-electron chi connectivity index (χ1n) is 11.1. The van der Waals surface area contributed by atoms with E-state index >= 15 is 0 Å². The zero-order valence-corrected chi connectivity index (χ0v) is 19.9. The lowest BCUT2D eigenvalue weighted by Gasteiger charge is -2.33. The van der Waals surface area contributed by atoms with Gasteiger partial charge in [0.25, 0.3) is 10.0 Å². The molecule has 0 radical (unpaired) electrons. The summed E-state index contributed by atoms with van der Waals surface area (Å²) in [5.41, 5.74) is 1.90. The third-order valence-electron chi connectivity index (χ3n) is 5.91. The molecule has 0 saturated heterocycles. The normalized spacial score (nSPS) is 16.2. The van der Waals surface area contributed by atoms with Gasteiger partial charge in [-0.25, -0.2) is 12.7 Å². The molecule has 1 aromatic heterocycles. The fourth-order valence-electron chi connectivity index (χ4n) is 4.09. The Morgan fingerprint density at radius 2 is 1.81 bits per heavy atom. The van der Waals surface area contributed by atoms with Gasteiger partial charge in [-0.05, 0) is 42.0 Å². The highest BCUT2D eigenvalue weighted by Gasteiger charge is 2.36. The Kier molecular flexibility index (Phi) is 7.39. The number of anilines is 1. The quantitative estimate of drug-likeness (QED) is 0.647. The fraction of sp³-hybridized carbons (Fsp3) is 0.440. The molecule has 172 valence electrons. The van der Waals surface area contributed by atoms with Crippen LogP contribution >= 0.6 is 0 Å². The highest BCUT2D eigenvalue weighted by molar-refractivity contribution is 7.95. The van der Waals surface area contributed by atoms with E-state index in [0.29, 0.717) is 11.3 Å². The van der Waals surface area contributed by atoms with Crippen LogP contribution in [0, 0.1) is 0 Å². The maximum absolute atomic E-state index is 13.5. The molecule has 3 rings (SSSR count). The Labute approximate surface area is 191 Å². The lowest BCUT2D eigenvalue weighted by molar-refractivity contribution is -0.123. The lowest BCUT2D eigenvalue weighted by Crippen LogP contribution is -2.46.